The number of nitrogens with one attached hydrogen (secondary N) is 1. The number of carbonyl (C=O) groups is 1. The third-order valence-corrected chi connectivity index (χ3v) is 13.5. The van der Waals surface area contributed by atoms with Crippen LogP contribution < -0.4 is 10.2 Å². The van der Waals surface area contributed by atoms with Crippen LogP contribution in [0.4, 0.5) is 16.2 Å². The normalized spacial score (nSPS) is 30.5. The second kappa shape index (κ2) is 11.8. The maximum absolute atomic E-state index is 14.3. The lowest BCUT2D eigenvalue weighted by Gasteiger charge is -2.71. The monoisotopic (exact) mass is 658 g/mol. The molecule has 2 aromatic heterocycles. The molecule has 5 fully saturated rings. The predicted octanol–water partition coefficient (Wildman–Crippen LogP) is 7.29. The molecule has 6 aliphatic rings. The Morgan fingerprint density at radius 1 is 1.17 bits per heavy atom. The first-order valence-electron chi connectivity index (χ1n) is 17.7. The Morgan fingerprint density at radius 3 is 2.60 bits per heavy atom. The fourth-order valence-electron chi connectivity index (χ4n) is 10.3. The topological polar surface area (TPSA) is 94.5 Å². The van der Waals surface area contributed by atoms with Crippen molar-refractivity contribution in [2.24, 2.45) is 10.8 Å². The lowest BCUT2D eigenvalue weighted by atomic mass is 9.33. The average molecular weight is 659 g/mol. The van der Waals surface area contributed by atoms with Crippen LogP contribution in [-0.4, -0.2) is 62.6 Å². The van der Waals surface area contributed by atoms with E-state index >= 15 is 0 Å². The molecule has 3 aromatic rings. The second-order valence-corrected chi connectivity index (χ2v) is 16.6. The van der Waals surface area contributed by atoms with Crippen LogP contribution >= 0.6 is 11.3 Å². The van der Waals surface area contributed by atoms with Gasteiger partial charge < -0.3 is 15.3 Å². The first-order chi connectivity index (χ1) is 22.7. The molecule has 8 nitrogen and oxygen atoms in total. The van der Waals surface area contributed by atoms with Gasteiger partial charge in [0.25, 0.3) is 0 Å². The molecule has 10 heteroatoms. The molecule has 4 aliphatic carbocycles. The Bertz CT molecular complexity index is 1640. The Balaban J connectivity index is 1.15. The summed E-state index contributed by atoms with van der Waals surface area (Å²) in [5, 5.41) is 14.9. The summed E-state index contributed by atoms with van der Waals surface area (Å²) in [5.74, 6) is 0.958. The van der Waals surface area contributed by atoms with Gasteiger partial charge in [-0.1, -0.05) is 25.5 Å². The van der Waals surface area contributed by atoms with Gasteiger partial charge in [-0.3, -0.25) is 9.69 Å². The van der Waals surface area contributed by atoms with Crippen LogP contribution in [0.2, 0.25) is 0 Å². The van der Waals surface area contributed by atoms with Gasteiger partial charge >= 0.3 is 5.97 Å². The molecular weight excluding hydrogens is 612 g/mol. The quantitative estimate of drug-likeness (QED) is 0.222. The van der Waals surface area contributed by atoms with Crippen molar-refractivity contribution in [3.8, 4) is 0 Å². The highest BCUT2D eigenvalue weighted by molar-refractivity contribution is 7.11. The largest absolute Gasteiger partial charge is 0.481 e. The number of aromatic nitrogens is 3. The van der Waals surface area contributed by atoms with Gasteiger partial charge in [-0.05, 0) is 107 Å². The summed E-state index contributed by atoms with van der Waals surface area (Å²) in [5.41, 5.74) is 2.75. The molecule has 0 radical (unpaired) electrons. The van der Waals surface area contributed by atoms with Crippen molar-refractivity contribution in [1.29, 1.82) is 0 Å². The number of hydrogen-bond acceptors (Lipinski definition) is 8. The summed E-state index contributed by atoms with van der Waals surface area (Å²) in [6, 6.07) is 8.58. The number of aliphatic carboxylic acids is 1. The summed E-state index contributed by atoms with van der Waals surface area (Å²) in [4.78, 5) is 33.4. The van der Waals surface area contributed by atoms with E-state index in [2.05, 4.69) is 41.0 Å². The van der Waals surface area contributed by atoms with Crippen LogP contribution in [0.15, 0.2) is 30.5 Å². The lowest BCUT2D eigenvalue weighted by Crippen LogP contribution is -2.72. The number of thiazole rings is 1. The molecule has 9 rings (SSSR count). The number of anilines is 2. The van der Waals surface area contributed by atoms with Crippen molar-refractivity contribution in [2.45, 2.75) is 121 Å². The average Bonchev–Trinajstić information content (AvgIpc) is 3.53. The number of benzene rings is 1. The predicted molar refractivity (Wildman–Crippen MR) is 183 cm³/mol. The molecule has 1 aromatic carbocycles. The number of aryl methyl sites for hydroxylation is 2. The number of fused-ring (bicyclic) bond motifs is 3. The molecule has 0 spiro atoms. The summed E-state index contributed by atoms with van der Waals surface area (Å²) in [6.07, 6.45) is 14.1. The van der Waals surface area contributed by atoms with Crippen LogP contribution in [0, 0.1) is 23.6 Å². The van der Waals surface area contributed by atoms with E-state index in [9.17, 15) is 14.3 Å². The highest BCUT2D eigenvalue weighted by Gasteiger charge is 2.74. The van der Waals surface area contributed by atoms with Crippen molar-refractivity contribution >= 4 is 29.1 Å². The third-order valence-electron chi connectivity index (χ3n) is 12.5. The minimum Gasteiger partial charge on any atom is -0.481 e. The molecular formula is C37H47FN6O2S. The first kappa shape index (κ1) is 31.2. The number of rotatable bonds is 11. The minimum atomic E-state index is -0.646. The van der Waals surface area contributed by atoms with Crippen molar-refractivity contribution in [1.82, 2.24) is 19.9 Å². The van der Waals surface area contributed by atoms with E-state index in [1.807, 2.05) is 18.3 Å². The molecule has 4 bridgehead atoms. The molecule has 2 saturated heterocycles. The van der Waals surface area contributed by atoms with Crippen molar-refractivity contribution in [3.63, 3.8) is 0 Å². The van der Waals surface area contributed by atoms with Gasteiger partial charge in [0, 0.05) is 48.4 Å². The summed E-state index contributed by atoms with van der Waals surface area (Å²) < 4.78 is 14.3. The number of hydrogen-bond donors (Lipinski definition) is 2. The molecule has 0 amide bonds. The molecule has 250 valence electrons. The van der Waals surface area contributed by atoms with Gasteiger partial charge in [-0.15, -0.1) is 11.3 Å². The fraction of sp³-hybridized carbons (Fsp3) is 0.622. The van der Waals surface area contributed by atoms with Gasteiger partial charge in [-0.25, -0.2) is 14.4 Å². The Labute approximate surface area is 281 Å². The maximum atomic E-state index is 14.3. The van der Waals surface area contributed by atoms with Crippen LogP contribution in [0.5, 0.6) is 0 Å². The standard InChI is InChI=1S/C37H47FN6O2S/c1-4-32(36-19-37(20-36,21-36)34(45)46)43(3)35-41-29-14-11-24(23-7-5-8-25(38)15-23)16-28(29)33(42-35)40-30(31-17-39-22(2)47-31)18-44-26-9-6-10-27(44)13-12-26/h5,7-8,15,17,24,26-27,30,32H,4,6,9-14,16,18-21H2,1-3H3,(H,45,46)(H,40,41,42)/t24-,26?,27?,30+,32-,36?,37?/m1/s1. The number of carboxylic acids is 1. The van der Waals surface area contributed by atoms with Gasteiger partial charge in [-0.2, -0.15) is 4.98 Å². The lowest BCUT2D eigenvalue weighted by molar-refractivity contribution is -0.230. The van der Waals surface area contributed by atoms with E-state index in [4.69, 9.17) is 9.97 Å². The number of nitrogens with zero attached hydrogens (tertiary/aromatic N) is 5. The zero-order chi connectivity index (χ0) is 32.5. The minimum absolute atomic E-state index is 0.0213. The first-order valence-corrected chi connectivity index (χ1v) is 18.5. The van der Waals surface area contributed by atoms with E-state index in [0.29, 0.717) is 18.0 Å². The van der Waals surface area contributed by atoms with Gasteiger partial charge in [0.15, 0.2) is 0 Å². The van der Waals surface area contributed by atoms with E-state index in [0.717, 1.165) is 79.1 Å². The summed E-state index contributed by atoms with van der Waals surface area (Å²) in [7, 11) is 2.10. The number of carboxylic acid groups (broad SMARTS) is 1. The van der Waals surface area contributed by atoms with Gasteiger partial charge in [0.05, 0.1) is 22.2 Å². The van der Waals surface area contributed by atoms with Crippen molar-refractivity contribution < 1.29 is 14.3 Å². The van der Waals surface area contributed by atoms with Crippen LogP contribution in [0.25, 0.3) is 0 Å². The Morgan fingerprint density at radius 2 is 1.94 bits per heavy atom. The van der Waals surface area contributed by atoms with Crippen LogP contribution in [0.3, 0.4) is 0 Å². The molecule has 2 aliphatic heterocycles. The number of piperidine rings is 1. The van der Waals surface area contributed by atoms with Crippen molar-refractivity contribution in [2.75, 3.05) is 23.8 Å². The van der Waals surface area contributed by atoms with E-state index in [1.54, 1.807) is 17.4 Å². The van der Waals surface area contributed by atoms with E-state index < -0.39 is 11.4 Å². The Hall–Kier alpha value is -3.11. The zero-order valence-corrected chi connectivity index (χ0v) is 28.7. The SMILES string of the molecule is CC[C@@H](N(C)c1nc2c(c(N[C@@H](CN3C4CCCC3CC4)c3cnc(C)s3)n1)C[C@H](c1cccc(F)c1)CC2)C12CC(C(=O)O)(C1)C2. The maximum Gasteiger partial charge on any atom is 0.309 e. The second-order valence-electron chi connectivity index (χ2n) is 15.3. The summed E-state index contributed by atoms with van der Waals surface area (Å²) >= 11 is 1.76. The van der Waals surface area contributed by atoms with Crippen LogP contribution in [-0.2, 0) is 17.6 Å². The van der Waals surface area contributed by atoms with E-state index in [1.165, 1.54) is 43.0 Å². The molecule has 2 unspecified atom stereocenters. The highest BCUT2D eigenvalue weighted by Crippen LogP contribution is 2.75. The Kier molecular flexibility index (Phi) is 7.82. The molecule has 3 saturated carbocycles. The van der Waals surface area contributed by atoms with Gasteiger partial charge in [0.2, 0.25) is 5.95 Å². The fourth-order valence-corrected chi connectivity index (χ4v) is 11.1. The molecule has 47 heavy (non-hydrogen) atoms. The van der Waals surface area contributed by atoms with Gasteiger partial charge in [0.1, 0.15) is 11.6 Å². The number of halogens is 1. The van der Waals surface area contributed by atoms with Crippen LogP contribution in [0.1, 0.15) is 110 Å². The summed E-state index contributed by atoms with van der Waals surface area (Å²) in [6.45, 7) is 5.20. The molecule has 5 atom stereocenters. The zero-order valence-electron chi connectivity index (χ0n) is 27.8. The smallest absolute Gasteiger partial charge is 0.309 e. The third kappa shape index (κ3) is 5.34. The van der Waals surface area contributed by atoms with Crippen molar-refractivity contribution in [3.05, 3.63) is 63.0 Å². The highest BCUT2D eigenvalue weighted by atomic mass is 32.1. The molecule has 2 N–H and O–H groups in total. The molecule has 4 heterocycles. The van der Waals surface area contributed by atoms with E-state index in [-0.39, 0.29) is 29.2 Å².